The lowest BCUT2D eigenvalue weighted by molar-refractivity contribution is -0.116. The lowest BCUT2D eigenvalue weighted by Crippen LogP contribution is -2.34. The van der Waals surface area contributed by atoms with Crippen LogP contribution in [0.1, 0.15) is 18.0 Å². The minimum Gasteiger partial charge on any atom is -0.301 e. The first kappa shape index (κ1) is 22.7. The molecule has 0 saturated carbocycles. The van der Waals surface area contributed by atoms with Gasteiger partial charge in [0, 0.05) is 24.0 Å². The molecule has 8 nitrogen and oxygen atoms in total. The number of nitrogens with zero attached hydrogens (tertiary/aromatic N) is 2. The summed E-state index contributed by atoms with van der Waals surface area (Å²) in [6, 6.07) is 12.1. The van der Waals surface area contributed by atoms with E-state index >= 15 is 0 Å². The summed E-state index contributed by atoms with van der Waals surface area (Å²) < 4.78 is 52.8. The molecule has 0 radical (unpaired) electrons. The molecule has 1 heterocycles. The van der Waals surface area contributed by atoms with Gasteiger partial charge in [0.1, 0.15) is 0 Å². The SMILES string of the molecule is CN(C)[C@@H](CNS(=O)(=O)c1ccc(N2C(=O)CCS2(=O)=O)cc1)c1ccc(Cl)cc1. The maximum absolute atomic E-state index is 12.7. The molecule has 1 atom stereocenters. The first-order chi connectivity index (χ1) is 14.0. The van der Waals surface area contributed by atoms with Gasteiger partial charge in [0.05, 0.1) is 16.3 Å². The summed E-state index contributed by atoms with van der Waals surface area (Å²) in [5.74, 6) is -0.773. The lowest BCUT2D eigenvalue weighted by atomic mass is 10.1. The third-order valence-electron chi connectivity index (χ3n) is 4.80. The summed E-state index contributed by atoms with van der Waals surface area (Å²) in [6.45, 7) is 0.123. The molecule has 2 aromatic carbocycles. The van der Waals surface area contributed by atoms with Crippen molar-refractivity contribution in [1.82, 2.24) is 9.62 Å². The van der Waals surface area contributed by atoms with Gasteiger partial charge in [-0.05, 0) is 56.1 Å². The van der Waals surface area contributed by atoms with Gasteiger partial charge in [-0.15, -0.1) is 0 Å². The Morgan fingerprint density at radius 2 is 1.70 bits per heavy atom. The number of halogens is 1. The van der Waals surface area contributed by atoms with E-state index in [1.807, 2.05) is 31.1 Å². The highest BCUT2D eigenvalue weighted by molar-refractivity contribution is 7.94. The number of carbonyl (C=O) groups is 1. The molecule has 3 rings (SSSR count). The zero-order chi connectivity index (χ0) is 22.1. The Morgan fingerprint density at radius 1 is 1.10 bits per heavy atom. The van der Waals surface area contributed by atoms with Gasteiger partial charge in [-0.3, -0.25) is 4.79 Å². The van der Waals surface area contributed by atoms with E-state index in [2.05, 4.69) is 4.72 Å². The molecule has 162 valence electrons. The molecule has 11 heteroatoms. The van der Waals surface area contributed by atoms with Crippen LogP contribution in [0, 0.1) is 0 Å². The molecule has 2 aromatic rings. The van der Waals surface area contributed by atoms with E-state index in [0.717, 1.165) is 9.87 Å². The molecule has 1 N–H and O–H groups in total. The van der Waals surface area contributed by atoms with Crippen molar-refractivity contribution in [3.63, 3.8) is 0 Å². The maximum Gasteiger partial charge on any atom is 0.242 e. The standard InChI is InChI=1S/C19H22ClN3O5S2/c1-22(2)18(14-3-5-15(20)6-4-14)13-21-30(27,28)17-9-7-16(8-10-17)23-19(24)11-12-29(23,25)26/h3-10,18,21H,11-13H2,1-2H3/t18-/m0/s1. The van der Waals surface area contributed by atoms with E-state index in [-0.39, 0.29) is 35.3 Å². The van der Waals surface area contributed by atoms with Crippen molar-refractivity contribution in [3.8, 4) is 0 Å². The van der Waals surface area contributed by atoms with E-state index in [1.54, 1.807) is 12.1 Å². The molecule has 1 fully saturated rings. The number of nitrogens with one attached hydrogen (secondary N) is 1. The van der Waals surface area contributed by atoms with Crippen LogP contribution in [-0.2, 0) is 24.8 Å². The predicted octanol–water partition coefficient (Wildman–Crippen LogP) is 1.99. The van der Waals surface area contributed by atoms with Crippen molar-refractivity contribution in [2.45, 2.75) is 17.4 Å². The Bertz CT molecular complexity index is 1130. The molecule has 0 bridgehead atoms. The number of rotatable bonds is 7. The van der Waals surface area contributed by atoms with Gasteiger partial charge in [0.25, 0.3) is 0 Å². The van der Waals surface area contributed by atoms with E-state index in [4.69, 9.17) is 11.6 Å². The molecule has 0 unspecified atom stereocenters. The smallest absolute Gasteiger partial charge is 0.242 e. The van der Waals surface area contributed by atoms with E-state index in [1.165, 1.54) is 24.3 Å². The van der Waals surface area contributed by atoms with Crippen LogP contribution in [0.3, 0.4) is 0 Å². The summed E-state index contributed by atoms with van der Waals surface area (Å²) >= 11 is 5.92. The normalized spacial score (nSPS) is 17.5. The summed E-state index contributed by atoms with van der Waals surface area (Å²) in [4.78, 5) is 13.7. The number of sulfonamides is 2. The minimum atomic E-state index is -3.84. The minimum absolute atomic E-state index is 0.0242. The molecule has 0 aliphatic carbocycles. The predicted molar refractivity (Wildman–Crippen MR) is 115 cm³/mol. The fourth-order valence-corrected chi connectivity index (χ4v) is 5.81. The molecule has 1 aliphatic rings. The Morgan fingerprint density at radius 3 is 2.20 bits per heavy atom. The summed E-state index contributed by atoms with van der Waals surface area (Å²) in [5, 5.41) is 0.593. The van der Waals surface area contributed by atoms with Crippen molar-refractivity contribution in [1.29, 1.82) is 0 Å². The van der Waals surface area contributed by atoms with Crippen LogP contribution in [0.2, 0.25) is 5.02 Å². The number of anilines is 1. The monoisotopic (exact) mass is 471 g/mol. The van der Waals surface area contributed by atoms with Crippen LogP contribution in [0.15, 0.2) is 53.4 Å². The maximum atomic E-state index is 12.7. The van der Waals surface area contributed by atoms with Crippen LogP contribution in [0.25, 0.3) is 0 Å². The summed E-state index contributed by atoms with van der Waals surface area (Å²) in [6.07, 6.45) is -0.0828. The summed E-state index contributed by atoms with van der Waals surface area (Å²) in [7, 11) is -3.86. The van der Waals surface area contributed by atoms with Gasteiger partial charge in [-0.25, -0.2) is 25.9 Å². The van der Waals surface area contributed by atoms with Crippen molar-refractivity contribution in [2.75, 3.05) is 30.7 Å². The number of amides is 1. The number of benzene rings is 2. The molecular weight excluding hydrogens is 450 g/mol. The second-order valence-electron chi connectivity index (χ2n) is 7.10. The highest BCUT2D eigenvalue weighted by atomic mass is 35.5. The molecule has 1 amide bonds. The fourth-order valence-electron chi connectivity index (χ4n) is 3.18. The average Bonchev–Trinajstić information content (AvgIpc) is 2.95. The average molecular weight is 472 g/mol. The summed E-state index contributed by atoms with van der Waals surface area (Å²) in [5.41, 5.74) is 1.03. The molecule has 1 aliphatic heterocycles. The van der Waals surface area contributed by atoms with Gasteiger partial charge in [0.15, 0.2) is 0 Å². The Kier molecular flexibility index (Phi) is 6.54. The molecule has 30 heavy (non-hydrogen) atoms. The Hall–Kier alpha value is -1.98. The van der Waals surface area contributed by atoms with Gasteiger partial charge >= 0.3 is 0 Å². The first-order valence-electron chi connectivity index (χ1n) is 9.09. The highest BCUT2D eigenvalue weighted by Crippen LogP contribution is 2.26. The van der Waals surface area contributed by atoms with E-state index < -0.39 is 26.0 Å². The van der Waals surface area contributed by atoms with Gasteiger partial charge in [-0.1, -0.05) is 23.7 Å². The van der Waals surface area contributed by atoms with Crippen molar-refractivity contribution in [3.05, 3.63) is 59.1 Å². The topological polar surface area (TPSA) is 104 Å². The number of likely N-dealkylation sites (N-methyl/N-ethyl adjacent to an activating group) is 1. The fraction of sp³-hybridized carbons (Fsp3) is 0.316. The van der Waals surface area contributed by atoms with Crippen molar-refractivity contribution >= 4 is 43.2 Å². The lowest BCUT2D eigenvalue weighted by Gasteiger charge is -2.25. The quantitative estimate of drug-likeness (QED) is 0.662. The molecule has 0 aromatic heterocycles. The van der Waals surface area contributed by atoms with E-state index in [9.17, 15) is 21.6 Å². The van der Waals surface area contributed by atoms with Crippen LogP contribution in [0.4, 0.5) is 5.69 Å². The van der Waals surface area contributed by atoms with Crippen LogP contribution < -0.4 is 9.03 Å². The second-order valence-corrected chi connectivity index (χ2v) is 11.2. The molecule has 0 spiro atoms. The highest BCUT2D eigenvalue weighted by Gasteiger charge is 2.36. The third kappa shape index (κ3) is 4.84. The zero-order valence-corrected chi connectivity index (χ0v) is 18.8. The van der Waals surface area contributed by atoms with Crippen LogP contribution in [0.5, 0.6) is 0 Å². The van der Waals surface area contributed by atoms with Crippen LogP contribution in [-0.4, -0.2) is 54.0 Å². The van der Waals surface area contributed by atoms with Crippen molar-refractivity contribution < 1.29 is 21.6 Å². The van der Waals surface area contributed by atoms with Gasteiger partial charge in [-0.2, -0.15) is 0 Å². The zero-order valence-electron chi connectivity index (χ0n) is 16.4. The molecule has 1 saturated heterocycles. The van der Waals surface area contributed by atoms with Gasteiger partial charge in [0.2, 0.25) is 26.0 Å². The van der Waals surface area contributed by atoms with Crippen LogP contribution >= 0.6 is 11.6 Å². The van der Waals surface area contributed by atoms with Crippen molar-refractivity contribution in [2.24, 2.45) is 0 Å². The third-order valence-corrected chi connectivity index (χ3v) is 8.19. The number of hydrogen-bond donors (Lipinski definition) is 1. The Balaban J connectivity index is 1.76. The molecular formula is C19H22ClN3O5S2. The Labute approximate surface area is 181 Å². The number of carbonyl (C=O) groups excluding carboxylic acids is 1. The largest absolute Gasteiger partial charge is 0.301 e. The van der Waals surface area contributed by atoms with Gasteiger partial charge < -0.3 is 4.90 Å². The second kappa shape index (κ2) is 8.64. The first-order valence-corrected chi connectivity index (χ1v) is 12.6. The number of hydrogen-bond acceptors (Lipinski definition) is 6. The van der Waals surface area contributed by atoms with E-state index in [0.29, 0.717) is 5.02 Å².